The third kappa shape index (κ3) is 2.91. The summed E-state index contributed by atoms with van der Waals surface area (Å²) in [5.74, 6) is 0. The van der Waals surface area contributed by atoms with Crippen molar-refractivity contribution in [1.29, 1.82) is 0 Å². The maximum atomic E-state index is 13.2. The fourth-order valence-corrected chi connectivity index (χ4v) is 6.79. The zero-order valence-corrected chi connectivity index (χ0v) is 15.8. The van der Waals surface area contributed by atoms with Gasteiger partial charge in [0.05, 0.1) is 10.6 Å². The van der Waals surface area contributed by atoms with Crippen molar-refractivity contribution in [2.75, 3.05) is 6.54 Å². The van der Waals surface area contributed by atoms with Gasteiger partial charge in [-0.05, 0) is 60.4 Å². The second kappa shape index (κ2) is 5.42. The smallest absolute Gasteiger partial charge is 0.241 e. The van der Waals surface area contributed by atoms with Crippen LogP contribution in [0.15, 0.2) is 47.6 Å². The quantitative estimate of drug-likeness (QED) is 0.843. The van der Waals surface area contributed by atoms with Crippen LogP contribution in [-0.4, -0.2) is 35.1 Å². The number of rotatable bonds is 3. The molecule has 4 rings (SSSR count). The van der Waals surface area contributed by atoms with Crippen molar-refractivity contribution in [2.45, 2.75) is 51.0 Å². The molecule has 1 aliphatic heterocycles. The molecule has 2 aliphatic rings. The van der Waals surface area contributed by atoms with E-state index in [1.165, 1.54) is 0 Å². The van der Waals surface area contributed by atoms with Crippen LogP contribution in [0.25, 0.3) is 5.69 Å². The number of aromatic nitrogens is 2. The lowest BCUT2D eigenvalue weighted by atomic mass is 9.65. The molecule has 1 aromatic heterocycles. The van der Waals surface area contributed by atoms with Crippen LogP contribution in [0.4, 0.5) is 0 Å². The molecule has 2 atom stereocenters. The number of fused-ring (bicyclic) bond motifs is 2. The average Bonchev–Trinajstić information content (AvgIpc) is 3.13. The number of sulfonamides is 1. The first-order valence-electron chi connectivity index (χ1n) is 8.81. The maximum Gasteiger partial charge on any atom is 0.243 e. The lowest BCUT2D eigenvalue weighted by Crippen LogP contribution is -2.37. The molecule has 2 heterocycles. The molecule has 1 aliphatic carbocycles. The second-order valence-corrected chi connectivity index (χ2v) is 10.6. The van der Waals surface area contributed by atoms with E-state index in [2.05, 4.69) is 25.9 Å². The van der Waals surface area contributed by atoms with E-state index >= 15 is 0 Å². The van der Waals surface area contributed by atoms with E-state index < -0.39 is 10.0 Å². The molecule has 5 nitrogen and oxygen atoms in total. The summed E-state index contributed by atoms with van der Waals surface area (Å²) >= 11 is 0. The van der Waals surface area contributed by atoms with Crippen molar-refractivity contribution in [3.8, 4) is 5.69 Å². The predicted octanol–water partition coefficient (Wildman–Crippen LogP) is 3.46. The molecule has 0 radical (unpaired) electrons. The van der Waals surface area contributed by atoms with Crippen LogP contribution in [0.1, 0.15) is 40.0 Å². The van der Waals surface area contributed by atoms with Gasteiger partial charge in [-0.2, -0.15) is 9.40 Å². The van der Waals surface area contributed by atoms with Crippen LogP contribution in [0.2, 0.25) is 0 Å². The van der Waals surface area contributed by atoms with E-state index in [1.54, 1.807) is 27.3 Å². The molecule has 1 saturated carbocycles. The van der Waals surface area contributed by atoms with Crippen molar-refractivity contribution in [3.05, 3.63) is 42.7 Å². The fraction of sp³-hybridized carbons (Fsp3) is 0.526. The standard InChI is InChI=1S/C19H25N3O2S/c1-18(2)11-16-12-19(3,13-18)14-22(16)25(23,24)17-7-5-15(6-8-17)21-10-4-9-20-21/h4-10,16H,11-14H2,1-3H3. The van der Waals surface area contributed by atoms with Gasteiger partial charge in [0, 0.05) is 25.0 Å². The molecule has 134 valence electrons. The van der Waals surface area contributed by atoms with Crippen LogP contribution in [0, 0.1) is 10.8 Å². The Morgan fingerprint density at radius 3 is 2.48 bits per heavy atom. The summed E-state index contributed by atoms with van der Waals surface area (Å²) in [7, 11) is -3.46. The summed E-state index contributed by atoms with van der Waals surface area (Å²) < 4.78 is 29.9. The van der Waals surface area contributed by atoms with E-state index in [1.807, 2.05) is 24.4 Å². The highest BCUT2D eigenvalue weighted by Gasteiger charge is 2.53. The highest BCUT2D eigenvalue weighted by molar-refractivity contribution is 7.89. The molecule has 1 aromatic carbocycles. The number of nitrogens with zero attached hydrogens (tertiary/aromatic N) is 3. The Kier molecular flexibility index (Phi) is 3.64. The van der Waals surface area contributed by atoms with Gasteiger partial charge < -0.3 is 0 Å². The van der Waals surface area contributed by atoms with E-state index in [0.29, 0.717) is 11.4 Å². The Morgan fingerprint density at radius 1 is 1.12 bits per heavy atom. The third-order valence-electron chi connectivity index (χ3n) is 5.58. The van der Waals surface area contributed by atoms with Gasteiger partial charge in [-0.3, -0.25) is 0 Å². The van der Waals surface area contributed by atoms with E-state index in [4.69, 9.17) is 0 Å². The summed E-state index contributed by atoms with van der Waals surface area (Å²) in [6.07, 6.45) is 6.54. The maximum absolute atomic E-state index is 13.2. The lowest BCUT2D eigenvalue weighted by Gasteiger charge is -2.39. The highest BCUT2D eigenvalue weighted by atomic mass is 32.2. The van der Waals surface area contributed by atoms with Crippen LogP contribution < -0.4 is 0 Å². The Morgan fingerprint density at radius 2 is 1.84 bits per heavy atom. The molecule has 2 unspecified atom stereocenters. The Balaban J connectivity index is 1.64. The van der Waals surface area contributed by atoms with E-state index in [0.717, 1.165) is 24.9 Å². The second-order valence-electron chi connectivity index (χ2n) is 8.71. The molecule has 2 fully saturated rings. The summed E-state index contributed by atoms with van der Waals surface area (Å²) in [4.78, 5) is 0.373. The molecule has 0 amide bonds. The van der Waals surface area contributed by atoms with Crippen molar-refractivity contribution in [3.63, 3.8) is 0 Å². The molecular formula is C19H25N3O2S. The molecule has 2 bridgehead atoms. The first kappa shape index (κ1) is 16.8. The van der Waals surface area contributed by atoms with Gasteiger partial charge in [-0.15, -0.1) is 0 Å². The fourth-order valence-electron chi connectivity index (χ4n) is 5.02. The van der Waals surface area contributed by atoms with Crippen molar-refractivity contribution >= 4 is 10.0 Å². The molecular weight excluding hydrogens is 334 g/mol. The zero-order chi connectivity index (χ0) is 17.9. The summed E-state index contributed by atoms with van der Waals surface area (Å²) in [5, 5.41) is 4.18. The number of hydrogen-bond acceptors (Lipinski definition) is 3. The predicted molar refractivity (Wildman–Crippen MR) is 97.0 cm³/mol. The molecule has 0 spiro atoms. The van der Waals surface area contributed by atoms with Gasteiger partial charge in [-0.25, -0.2) is 13.1 Å². The van der Waals surface area contributed by atoms with Crippen molar-refractivity contribution in [2.24, 2.45) is 10.8 Å². The molecule has 6 heteroatoms. The Hall–Kier alpha value is -1.66. The summed E-state index contributed by atoms with van der Waals surface area (Å²) in [6, 6.07) is 8.98. The van der Waals surface area contributed by atoms with Crippen LogP contribution >= 0.6 is 0 Å². The summed E-state index contributed by atoms with van der Waals surface area (Å²) in [6.45, 7) is 7.38. The monoisotopic (exact) mass is 359 g/mol. The first-order chi connectivity index (χ1) is 11.7. The third-order valence-corrected chi connectivity index (χ3v) is 7.49. The highest BCUT2D eigenvalue weighted by Crippen LogP contribution is 2.53. The minimum absolute atomic E-state index is 0.0918. The topological polar surface area (TPSA) is 55.2 Å². The SMILES string of the molecule is CC1(C)CC2CC(C)(CN2S(=O)(=O)c2ccc(-n3cccn3)cc2)C1. The Bertz CT molecular complexity index is 872. The van der Waals surface area contributed by atoms with Gasteiger partial charge >= 0.3 is 0 Å². The zero-order valence-electron chi connectivity index (χ0n) is 15.0. The Labute approximate surface area is 149 Å². The first-order valence-corrected chi connectivity index (χ1v) is 10.2. The van der Waals surface area contributed by atoms with Crippen molar-refractivity contribution in [1.82, 2.24) is 14.1 Å². The van der Waals surface area contributed by atoms with E-state index in [-0.39, 0.29) is 16.9 Å². The molecule has 0 N–H and O–H groups in total. The van der Waals surface area contributed by atoms with Gasteiger partial charge in [-0.1, -0.05) is 20.8 Å². The van der Waals surface area contributed by atoms with Gasteiger partial charge in [0.25, 0.3) is 0 Å². The van der Waals surface area contributed by atoms with Crippen LogP contribution in [-0.2, 0) is 10.0 Å². The van der Waals surface area contributed by atoms with Crippen molar-refractivity contribution < 1.29 is 8.42 Å². The summed E-state index contributed by atoms with van der Waals surface area (Å²) in [5.41, 5.74) is 1.15. The van der Waals surface area contributed by atoms with Gasteiger partial charge in [0.1, 0.15) is 0 Å². The minimum Gasteiger partial charge on any atom is -0.241 e. The van der Waals surface area contributed by atoms with Gasteiger partial charge in [0.15, 0.2) is 0 Å². The number of benzene rings is 1. The van der Waals surface area contributed by atoms with E-state index in [9.17, 15) is 8.42 Å². The van der Waals surface area contributed by atoms with Crippen LogP contribution in [0.3, 0.4) is 0 Å². The minimum atomic E-state index is -3.46. The average molecular weight is 359 g/mol. The molecule has 2 aromatic rings. The van der Waals surface area contributed by atoms with Gasteiger partial charge in [0.2, 0.25) is 10.0 Å². The largest absolute Gasteiger partial charge is 0.243 e. The normalized spacial score (nSPS) is 29.0. The lowest BCUT2D eigenvalue weighted by molar-refractivity contribution is 0.133. The molecule has 25 heavy (non-hydrogen) atoms. The molecule has 1 saturated heterocycles. The van der Waals surface area contributed by atoms with Crippen LogP contribution in [0.5, 0.6) is 0 Å². The number of hydrogen-bond donors (Lipinski definition) is 0.